The molecule has 1 saturated carbocycles. The first-order valence-corrected chi connectivity index (χ1v) is 10.7. The second-order valence-corrected chi connectivity index (χ2v) is 8.26. The Hall–Kier alpha value is -3.53. The van der Waals surface area contributed by atoms with Crippen LogP contribution in [0.2, 0.25) is 0 Å². The van der Waals surface area contributed by atoms with E-state index in [0.717, 1.165) is 16.6 Å². The van der Waals surface area contributed by atoms with Crippen LogP contribution < -0.4 is 10.6 Å². The quantitative estimate of drug-likeness (QED) is 0.500. The Morgan fingerprint density at radius 2 is 2.16 bits per heavy atom. The number of ether oxygens (including phenoxy) is 1. The van der Waals surface area contributed by atoms with Crippen LogP contribution in [0.3, 0.4) is 0 Å². The second kappa shape index (κ2) is 7.27. The lowest BCUT2D eigenvalue weighted by molar-refractivity contribution is -0.0215. The van der Waals surface area contributed by atoms with E-state index >= 15 is 0 Å². The van der Waals surface area contributed by atoms with E-state index in [2.05, 4.69) is 25.3 Å². The zero-order chi connectivity index (χ0) is 21.8. The average Bonchev–Trinajstić information content (AvgIpc) is 3.37. The van der Waals surface area contributed by atoms with Crippen LogP contribution >= 0.6 is 0 Å². The summed E-state index contributed by atoms with van der Waals surface area (Å²) in [5.74, 6) is 0.322. The minimum absolute atomic E-state index is 0.237. The van der Waals surface area contributed by atoms with E-state index < -0.39 is 12.2 Å². The van der Waals surface area contributed by atoms with Crippen LogP contribution in [0.4, 0.5) is 10.2 Å². The van der Waals surface area contributed by atoms with Crippen molar-refractivity contribution >= 4 is 28.4 Å². The van der Waals surface area contributed by atoms with Crippen molar-refractivity contribution in [1.82, 2.24) is 29.5 Å². The third-order valence-electron chi connectivity index (χ3n) is 6.36. The number of aromatic nitrogens is 5. The minimum atomic E-state index is -0.994. The summed E-state index contributed by atoms with van der Waals surface area (Å²) < 4.78 is 22.8. The van der Waals surface area contributed by atoms with Gasteiger partial charge in [-0.15, -0.1) is 0 Å². The van der Waals surface area contributed by atoms with Gasteiger partial charge in [-0.2, -0.15) is 9.61 Å². The summed E-state index contributed by atoms with van der Waals surface area (Å²) in [6.45, 7) is 1.30. The summed E-state index contributed by atoms with van der Waals surface area (Å²) in [6, 6.07) is 5.60. The maximum atomic E-state index is 13.7. The first kappa shape index (κ1) is 19.2. The molecule has 4 aromatic rings. The number of alkyl halides is 1. The first-order valence-electron chi connectivity index (χ1n) is 10.7. The number of rotatable bonds is 5. The molecule has 32 heavy (non-hydrogen) atoms. The van der Waals surface area contributed by atoms with E-state index in [9.17, 15) is 9.18 Å². The van der Waals surface area contributed by atoms with Crippen molar-refractivity contribution in [1.29, 1.82) is 0 Å². The van der Waals surface area contributed by atoms with Gasteiger partial charge < -0.3 is 19.9 Å². The molecule has 0 bridgehead atoms. The van der Waals surface area contributed by atoms with Crippen molar-refractivity contribution < 1.29 is 13.9 Å². The van der Waals surface area contributed by atoms with Gasteiger partial charge in [0.15, 0.2) is 5.65 Å². The molecule has 0 unspecified atom stereocenters. The highest BCUT2D eigenvalue weighted by molar-refractivity contribution is 6.01. The van der Waals surface area contributed by atoms with Crippen LogP contribution in [0.25, 0.3) is 27.9 Å². The van der Waals surface area contributed by atoms with Gasteiger partial charge in [0.25, 0.3) is 5.91 Å². The summed E-state index contributed by atoms with van der Waals surface area (Å²) in [6.07, 6.45) is 5.42. The summed E-state index contributed by atoms with van der Waals surface area (Å²) in [5.41, 5.74) is 3.20. The van der Waals surface area contributed by atoms with Crippen molar-refractivity contribution in [3.8, 4) is 11.3 Å². The number of halogens is 1. The molecule has 4 aromatic heterocycles. The van der Waals surface area contributed by atoms with Gasteiger partial charge in [-0.25, -0.2) is 14.4 Å². The summed E-state index contributed by atoms with van der Waals surface area (Å²) in [7, 11) is 1.79. The summed E-state index contributed by atoms with van der Waals surface area (Å²) in [5, 5.41) is 11.2. The fraction of sp³-hybridized carbons (Fsp3) is 0.364. The summed E-state index contributed by atoms with van der Waals surface area (Å²) in [4.78, 5) is 22.2. The number of hydrogen-bond donors (Lipinski definition) is 2. The Balaban J connectivity index is 1.48. The van der Waals surface area contributed by atoms with Gasteiger partial charge in [0.2, 0.25) is 0 Å². The second-order valence-electron chi connectivity index (χ2n) is 8.26. The Morgan fingerprint density at radius 3 is 2.84 bits per heavy atom. The Kier molecular flexibility index (Phi) is 4.35. The average molecular weight is 435 g/mol. The van der Waals surface area contributed by atoms with Gasteiger partial charge in [-0.3, -0.25) is 4.79 Å². The number of amides is 1. The minimum Gasteiger partial charge on any atom is -0.377 e. The fourth-order valence-corrected chi connectivity index (χ4v) is 4.26. The van der Waals surface area contributed by atoms with E-state index in [1.54, 1.807) is 17.8 Å². The molecule has 0 radical (unpaired) electrons. The molecule has 0 spiro atoms. The van der Waals surface area contributed by atoms with Gasteiger partial charge in [0.1, 0.15) is 23.2 Å². The van der Waals surface area contributed by atoms with Gasteiger partial charge in [0.05, 0.1) is 37.2 Å². The Labute approximate surface area is 182 Å². The number of hydrogen-bond acceptors (Lipinski definition) is 6. The maximum Gasteiger partial charge on any atom is 0.257 e. The van der Waals surface area contributed by atoms with Crippen molar-refractivity contribution in [2.75, 3.05) is 25.6 Å². The molecule has 1 aliphatic heterocycles. The van der Waals surface area contributed by atoms with E-state index in [-0.39, 0.29) is 11.9 Å². The van der Waals surface area contributed by atoms with Gasteiger partial charge in [-0.05, 0) is 25.0 Å². The standard InChI is InChI=1S/C22H22FN7O2/c1-24-19-7-18(15-9-29(12-10-32-11-12)20-13(15)3-2-6-25-20)27-21-14(8-26-30(19)21)22(31)28-17-5-4-16(17)23/h2-3,6-9,12,16-17,24H,4-5,10-11H2,1H3,(H,28,31)/t16-,17-/m1/s1. The molecule has 10 heteroatoms. The Bertz CT molecular complexity index is 1340. The van der Waals surface area contributed by atoms with Crippen LogP contribution in [-0.2, 0) is 4.74 Å². The molecule has 5 heterocycles. The van der Waals surface area contributed by atoms with Gasteiger partial charge >= 0.3 is 0 Å². The largest absolute Gasteiger partial charge is 0.377 e. The van der Waals surface area contributed by atoms with Gasteiger partial charge in [0, 0.05) is 36.5 Å². The third-order valence-corrected chi connectivity index (χ3v) is 6.36. The normalized spacial score (nSPS) is 20.8. The molecule has 2 fully saturated rings. The molecule has 1 aliphatic carbocycles. The predicted molar refractivity (Wildman–Crippen MR) is 117 cm³/mol. The van der Waals surface area contributed by atoms with Crippen molar-refractivity contribution in [2.45, 2.75) is 31.1 Å². The summed E-state index contributed by atoms with van der Waals surface area (Å²) >= 11 is 0. The number of nitrogens with zero attached hydrogens (tertiary/aromatic N) is 5. The zero-order valence-electron chi connectivity index (χ0n) is 17.5. The smallest absolute Gasteiger partial charge is 0.257 e. The third kappa shape index (κ3) is 2.86. The Morgan fingerprint density at radius 1 is 1.28 bits per heavy atom. The van der Waals surface area contributed by atoms with Crippen LogP contribution in [0.15, 0.2) is 36.8 Å². The lowest BCUT2D eigenvalue weighted by atomic mass is 9.90. The van der Waals surface area contributed by atoms with Crippen molar-refractivity contribution in [3.05, 3.63) is 42.4 Å². The molecule has 6 rings (SSSR count). The number of pyridine rings is 1. The highest BCUT2D eigenvalue weighted by Crippen LogP contribution is 2.34. The maximum absolute atomic E-state index is 13.7. The fourth-order valence-electron chi connectivity index (χ4n) is 4.26. The number of fused-ring (bicyclic) bond motifs is 2. The topological polar surface area (TPSA) is 98.4 Å². The van der Waals surface area contributed by atoms with E-state index in [0.29, 0.717) is 48.8 Å². The monoisotopic (exact) mass is 435 g/mol. The van der Waals surface area contributed by atoms with Crippen LogP contribution in [0.1, 0.15) is 29.2 Å². The molecule has 9 nitrogen and oxygen atoms in total. The van der Waals surface area contributed by atoms with E-state index in [1.807, 2.05) is 24.4 Å². The molecule has 164 valence electrons. The number of carbonyl (C=O) groups excluding carboxylic acids is 1. The highest BCUT2D eigenvalue weighted by Gasteiger charge is 2.33. The number of nitrogens with one attached hydrogen (secondary N) is 2. The first-order chi connectivity index (χ1) is 15.6. The van der Waals surface area contributed by atoms with Crippen LogP contribution in [0.5, 0.6) is 0 Å². The van der Waals surface area contributed by atoms with E-state index in [4.69, 9.17) is 9.72 Å². The zero-order valence-corrected chi connectivity index (χ0v) is 17.5. The van der Waals surface area contributed by atoms with E-state index in [1.165, 1.54) is 6.20 Å². The SMILES string of the molecule is CNc1cc(-c2cn(C3COC3)c3ncccc23)nc2c(C(=O)N[C@@H]3CC[C@H]3F)cnn12. The molecule has 2 aliphatic rings. The van der Waals surface area contributed by atoms with Crippen molar-refractivity contribution in [2.24, 2.45) is 0 Å². The lowest BCUT2D eigenvalue weighted by Crippen LogP contribution is -2.48. The number of anilines is 1. The molecule has 2 N–H and O–H groups in total. The molecular formula is C22H22FN7O2. The van der Waals surface area contributed by atoms with Gasteiger partial charge in [-0.1, -0.05) is 0 Å². The molecule has 2 atom stereocenters. The lowest BCUT2D eigenvalue weighted by Gasteiger charge is -2.30. The molecule has 0 aromatic carbocycles. The number of carbonyl (C=O) groups is 1. The molecule has 1 saturated heterocycles. The van der Waals surface area contributed by atoms with Crippen molar-refractivity contribution in [3.63, 3.8) is 0 Å². The molecule has 1 amide bonds. The highest BCUT2D eigenvalue weighted by atomic mass is 19.1. The van der Waals surface area contributed by atoms with Crippen LogP contribution in [-0.4, -0.2) is 62.5 Å². The molecular weight excluding hydrogens is 413 g/mol. The predicted octanol–water partition coefficient (Wildman–Crippen LogP) is 2.59. The van der Waals surface area contributed by atoms with Crippen LogP contribution in [0, 0.1) is 0 Å².